The third-order valence-corrected chi connectivity index (χ3v) is 16.1. The van der Waals surface area contributed by atoms with Crippen molar-refractivity contribution >= 4 is 52.5 Å². The van der Waals surface area contributed by atoms with Crippen LogP contribution in [0.4, 0.5) is 31.8 Å². The first-order valence-electron chi connectivity index (χ1n) is 26.7. The molecule has 2 aromatic carbocycles. The third kappa shape index (κ3) is 12.2. The Hall–Kier alpha value is -6.81. The Morgan fingerprint density at radius 2 is 1.72 bits per heavy atom. The summed E-state index contributed by atoms with van der Waals surface area (Å²) in [5, 5.41) is 34.9. The van der Waals surface area contributed by atoms with Crippen molar-refractivity contribution in [3.05, 3.63) is 82.9 Å². The number of hydrogen-bond donors (Lipinski definition) is 6. The fourth-order valence-electron chi connectivity index (χ4n) is 11.4. The first-order valence-corrected chi connectivity index (χ1v) is 26.7. The predicted octanol–water partition coefficient (Wildman–Crippen LogP) is 4.87. The van der Waals surface area contributed by atoms with E-state index in [1.54, 1.807) is 27.8 Å². The van der Waals surface area contributed by atoms with Crippen LogP contribution in [-0.2, 0) is 38.8 Å². The van der Waals surface area contributed by atoms with Gasteiger partial charge in [0.15, 0.2) is 6.23 Å². The summed E-state index contributed by atoms with van der Waals surface area (Å²) in [6, 6.07) is 8.57. The molecule has 5 aliphatic heterocycles. The molecule has 76 heavy (non-hydrogen) atoms. The highest BCUT2D eigenvalue weighted by Crippen LogP contribution is 2.40. The molecule has 9 rings (SSSR count). The lowest BCUT2D eigenvalue weighted by Gasteiger charge is -2.48. The Balaban J connectivity index is 0.698. The number of amides is 5. The molecule has 0 aliphatic carbocycles. The number of likely N-dealkylation sites (tertiary alicyclic amines) is 1. The molecule has 0 bridgehead atoms. The van der Waals surface area contributed by atoms with Crippen LogP contribution in [0.25, 0.3) is 0 Å². The van der Waals surface area contributed by atoms with Crippen molar-refractivity contribution in [2.24, 2.45) is 16.7 Å². The van der Waals surface area contributed by atoms with Gasteiger partial charge in [-0.05, 0) is 81.5 Å². The topological polar surface area (TPSA) is 235 Å². The summed E-state index contributed by atoms with van der Waals surface area (Å²) in [5.41, 5.74) is 1.17. The molecule has 408 valence electrons. The van der Waals surface area contributed by atoms with Gasteiger partial charge in [-0.15, -0.1) is 5.10 Å². The van der Waals surface area contributed by atoms with Gasteiger partial charge in [-0.25, -0.2) is 18.7 Å². The van der Waals surface area contributed by atoms with Crippen molar-refractivity contribution in [2.45, 2.75) is 130 Å². The zero-order valence-corrected chi connectivity index (χ0v) is 44.3. The number of carbonyl (C=O) groups excluding carboxylic acids is 5. The van der Waals surface area contributed by atoms with Crippen molar-refractivity contribution in [3.63, 3.8) is 0 Å². The molecule has 4 fully saturated rings. The van der Waals surface area contributed by atoms with Gasteiger partial charge in [-0.1, -0.05) is 58.4 Å². The van der Waals surface area contributed by atoms with Crippen molar-refractivity contribution in [2.75, 3.05) is 72.8 Å². The number of aliphatic hydroxyl groups excluding tert-OH is 1. The van der Waals surface area contributed by atoms with Crippen LogP contribution in [0.15, 0.2) is 48.9 Å². The summed E-state index contributed by atoms with van der Waals surface area (Å²) in [7, 11) is 0. The Morgan fingerprint density at radius 1 is 0.947 bits per heavy atom. The lowest BCUT2D eigenvalue weighted by atomic mass is 9.81. The molecule has 7 heterocycles. The Labute approximate surface area is 442 Å². The molecule has 0 radical (unpaired) electrons. The Bertz CT molecular complexity index is 2810. The number of piperazine rings is 1. The molecule has 20 nitrogen and oxygen atoms in total. The van der Waals surface area contributed by atoms with Crippen LogP contribution in [0.3, 0.4) is 0 Å². The van der Waals surface area contributed by atoms with E-state index in [1.807, 2.05) is 26.1 Å². The van der Waals surface area contributed by atoms with Crippen molar-refractivity contribution in [1.82, 2.24) is 50.7 Å². The summed E-state index contributed by atoms with van der Waals surface area (Å²) in [6.07, 6.45) is 7.50. The molecule has 5 amide bonds. The van der Waals surface area contributed by atoms with E-state index < -0.39 is 52.6 Å². The van der Waals surface area contributed by atoms with Gasteiger partial charge in [0.05, 0.1) is 36.1 Å². The zero-order valence-electron chi connectivity index (χ0n) is 44.3. The second-order valence-electron chi connectivity index (χ2n) is 22.8. The van der Waals surface area contributed by atoms with E-state index in [0.717, 1.165) is 43.1 Å². The largest absolute Gasteiger partial charge is 0.379 e. The fraction of sp³-hybridized carbons (Fsp3) is 0.574. The SMILES string of the molecule is CCC(Cn1cc(CNc2cccc3c2C(=O)N(C2CCC(=O)NC2=O)C3O)nn1)CC(C)(C)C(=O)NCCCNc1cc(N2CCC3(CC2)CN(c2cc(F)c(CN4CCC(C)(C)CC4)cc2F)CC(=O)N3)ncn1. The molecule has 2 aromatic heterocycles. The van der Waals surface area contributed by atoms with Gasteiger partial charge in [-0.2, -0.15) is 0 Å². The Kier molecular flexibility index (Phi) is 15.9. The molecule has 3 atom stereocenters. The average molecular weight is 1050 g/mol. The maximum Gasteiger partial charge on any atom is 0.259 e. The number of piperidine rings is 3. The van der Waals surface area contributed by atoms with Gasteiger partial charge < -0.3 is 36.2 Å². The van der Waals surface area contributed by atoms with Gasteiger partial charge >= 0.3 is 0 Å². The van der Waals surface area contributed by atoms with Crippen molar-refractivity contribution in [3.8, 4) is 0 Å². The van der Waals surface area contributed by atoms with E-state index in [1.165, 1.54) is 18.5 Å². The Morgan fingerprint density at radius 3 is 2.47 bits per heavy atom. The molecule has 4 aromatic rings. The van der Waals surface area contributed by atoms with Crippen LogP contribution in [0, 0.1) is 28.4 Å². The van der Waals surface area contributed by atoms with Crippen LogP contribution in [0.5, 0.6) is 0 Å². The molecule has 4 saturated heterocycles. The molecular weight excluding hydrogens is 979 g/mol. The summed E-state index contributed by atoms with van der Waals surface area (Å²) in [6.45, 7) is 15.8. The molecule has 3 unspecified atom stereocenters. The maximum atomic E-state index is 15.7. The number of rotatable bonds is 19. The minimum atomic E-state index is -1.33. The summed E-state index contributed by atoms with van der Waals surface area (Å²) < 4.78 is 33.0. The molecular formula is C54H72F2N14O6. The summed E-state index contributed by atoms with van der Waals surface area (Å²) in [4.78, 5) is 80.6. The highest BCUT2D eigenvalue weighted by Gasteiger charge is 2.46. The third-order valence-electron chi connectivity index (χ3n) is 16.1. The van der Waals surface area contributed by atoms with Gasteiger partial charge in [0, 0.05) is 86.6 Å². The highest BCUT2D eigenvalue weighted by molar-refractivity contribution is 6.08. The molecule has 22 heteroatoms. The van der Waals surface area contributed by atoms with E-state index in [9.17, 15) is 29.1 Å². The number of nitrogens with zero attached hydrogens (tertiary/aromatic N) is 9. The van der Waals surface area contributed by atoms with E-state index in [4.69, 9.17) is 0 Å². The van der Waals surface area contributed by atoms with E-state index in [2.05, 4.69) is 77.4 Å². The standard InChI is InChI=1S/C54H72F2N14O6/c1-6-34(28-69-30-36(64-65-69)27-59-40-10-7-9-37-47(40)50(75)70(49(37)74)41-11-12-45(71)62-48(41)73)26-53(4,5)51(76)58-18-8-17-57-43-25-44(61-33-60-43)67-21-15-54(16-22-67)32-68(31-46(72)63-54)42-24-38(55)35(23-39(42)56)29-66-19-13-52(2,3)14-20-66/h7,9-10,23-25,30,33-34,41,49,59,74H,6,8,11-22,26-29,31-32H2,1-5H3,(H,58,76)(H,63,72)(H,57,60,61)(H,62,71,73). The van der Waals surface area contributed by atoms with Crippen molar-refractivity contribution < 1.29 is 37.9 Å². The second-order valence-corrected chi connectivity index (χ2v) is 22.8. The first kappa shape index (κ1) is 54.0. The predicted molar refractivity (Wildman–Crippen MR) is 281 cm³/mol. The molecule has 0 saturated carbocycles. The van der Waals surface area contributed by atoms with E-state index in [0.29, 0.717) is 99.8 Å². The number of aliphatic hydroxyl groups is 1. The van der Waals surface area contributed by atoms with Crippen LogP contribution < -0.4 is 36.4 Å². The second kappa shape index (κ2) is 22.4. The number of anilines is 4. The van der Waals surface area contributed by atoms with E-state index in [-0.39, 0.29) is 60.3 Å². The lowest BCUT2D eigenvalue weighted by Crippen LogP contribution is -2.66. The fourth-order valence-corrected chi connectivity index (χ4v) is 11.4. The smallest absolute Gasteiger partial charge is 0.259 e. The lowest BCUT2D eigenvalue weighted by molar-refractivity contribution is -0.139. The van der Waals surface area contributed by atoms with Gasteiger partial charge in [0.1, 0.15) is 41.3 Å². The van der Waals surface area contributed by atoms with Crippen LogP contribution >= 0.6 is 0 Å². The van der Waals surface area contributed by atoms with Gasteiger partial charge in [0.25, 0.3) is 5.91 Å². The zero-order chi connectivity index (χ0) is 53.9. The number of carbonyl (C=O) groups is 5. The van der Waals surface area contributed by atoms with Crippen molar-refractivity contribution in [1.29, 1.82) is 0 Å². The summed E-state index contributed by atoms with van der Waals surface area (Å²) in [5.74, 6) is -1.25. The minimum Gasteiger partial charge on any atom is -0.379 e. The molecule has 5 aliphatic rings. The molecule has 6 N–H and O–H groups in total. The number of imide groups is 1. The number of halogens is 2. The highest BCUT2D eigenvalue weighted by atomic mass is 19.1. The number of benzene rings is 2. The van der Waals surface area contributed by atoms with E-state index >= 15 is 8.78 Å². The maximum absolute atomic E-state index is 15.7. The van der Waals surface area contributed by atoms with Crippen LogP contribution in [-0.4, -0.2) is 133 Å². The number of hydrogen-bond acceptors (Lipinski definition) is 15. The number of fused-ring (bicyclic) bond motifs is 1. The van der Waals surface area contributed by atoms with Gasteiger partial charge in [-0.3, -0.25) is 43.8 Å². The first-order chi connectivity index (χ1) is 36.3. The van der Waals surface area contributed by atoms with Gasteiger partial charge in [0.2, 0.25) is 23.6 Å². The average Bonchev–Trinajstić information content (AvgIpc) is 3.95. The van der Waals surface area contributed by atoms with Crippen LogP contribution in [0.1, 0.15) is 126 Å². The summed E-state index contributed by atoms with van der Waals surface area (Å²) >= 11 is 0. The number of aromatic nitrogens is 5. The molecule has 1 spiro atoms. The normalized spacial score (nSPS) is 21.1. The van der Waals surface area contributed by atoms with Crippen LogP contribution in [0.2, 0.25) is 0 Å². The minimum absolute atomic E-state index is 0.0459. The monoisotopic (exact) mass is 1050 g/mol. The number of nitrogens with one attached hydrogen (secondary N) is 5. The quantitative estimate of drug-likeness (QED) is 0.0543.